The van der Waals surface area contributed by atoms with Crippen molar-refractivity contribution < 1.29 is 4.74 Å². The molecular formula is C17H23N3O. The number of aryl methyl sites for hydroxylation is 2. The number of hydrogen-bond acceptors (Lipinski definition) is 4. The van der Waals surface area contributed by atoms with Crippen LogP contribution < -0.4 is 10.1 Å². The zero-order valence-electron chi connectivity index (χ0n) is 13.4. The third-order valence-corrected chi connectivity index (χ3v) is 2.91. The number of hydrogen-bond donors (Lipinski definition) is 1. The highest BCUT2D eigenvalue weighted by Crippen LogP contribution is 2.20. The molecule has 0 spiro atoms. The molecule has 0 aliphatic heterocycles. The fourth-order valence-corrected chi connectivity index (χ4v) is 1.95. The molecule has 0 bridgehead atoms. The Balaban J connectivity index is 2.02. The first-order chi connectivity index (χ1) is 9.82. The van der Waals surface area contributed by atoms with Gasteiger partial charge in [-0.05, 0) is 57.9 Å². The standard InChI is InChI=1S/C17H23N3O/c1-12-6-13(2)8-15(7-12)21-16-18-9-14(10-19-16)11-20-17(3,4)5/h6-10,20H,11H2,1-5H3. The SMILES string of the molecule is Cc1cc(C)cc(Oc2ncc(CNC(C)(C)C)cn2)c1. The maximum absolute atomic E-state index is 5.70. The summed E-state index contributed by atoms with van der Waals surface area (Å²) in [7, 11) is 0. The summed E-state index contributed by atoms with van der Waals surface area (Å²) >= 11 is 0. The Bertz CT molecular complexity index is 580. The fourth-order valence-electron chi connectivity index (χ4n) is 1.95. The van der Waals surface area contributed by atoms with Crippen LogP contribution in [0.2, 0.25) is 0 Å². The van der Waals surface area contributed by atoms with Gasteiger partial charge in [0.15, 0.2) is 0 Å². The summed E-state index contributed by atoms with van der Waals surface area (Å²) < 4.78 is 5.70. The third kappa shape index (κ3) is 5.16. The van der Waals surface area contributed by atoms with E-state index in [-0.39, 0.29) is 5.54 Å². The van der Waals surface area contributed by atoms with Crippen LogP contribution in [0.1, 0.15) is 37.5 Å². The molecule has 0 aliphatic rings. The van der Waals surface area contributed by atoms with E-state index in [4.69, 9.17) is 4.74 Å². The summed E-state index contributed by atoms with van der Waals surface area (Å²) in [5, 5.41) is 3.40. The molecule has 0 saturated heterocycles. The normalized spacial score (nSPS) is 11.5. The van der Waals surface area contributed by atoms with Gasteiger partial charge in [0.25, 0.3) is 0 Å². The molecule has 1 heterocycles. The number of ether oxygens (including phenoxy) is 1. The van der Waals surface area contributed by atoms with Gasteiger partial charge in [-0.25, -0.2) is 9.97 Å². The summed E-state index contributed by atoms with van der Waals surface area (Å²) in [4.78, 5) is 8.52. The van der Waals surface area contributed by atoms with Crippen LogP contribution in [0.5, 0.6) is 11.8 Å². The van der Waals surface area contributed by atoms with Gasteiger partial charge in [-0.2, -0.15) is 0 Å². The highest BCUT2D eigenvalue weighted by atomic mass is 16.5. The lowest BCUT2D eigenvalue weighted by Crippen LogP contribution is -2.35. The molecule has 2 aromatic rings. The first-order valence-corrected chi connectivity index (χ1v) is 7.14. The Morgan fingerprint density at radius 3 is 2.10 bits per heavy atom. The van der Waals surface area contributed by atoms with E-state index < -0.39 is 0 Å². The highest BCUT2D eigenvalue weighted by Gasteiger charge is 2.09. The van der Waals surface area contributed by atoms with Gasteiger partial charge in [0, 0.05) is 30.0 Å². The van der Waals surface area contributed by atoms with Crippen LogP contribution in [0.15, 0.2) is 30.6 Å². The largest absolute Gasteiger partial charge is 0.424 e. The highest BCUT2D eigenvalue weighted by molar-refractivity contribution is 5.34. The molecule has 0 fully saturated rings. The zero-order chi connectivity index (χ0) is 15.5. The van der Waals surface area contributed by atoms with Gasteiger partial charge >= 0.3 is 6.01 Å². The minimum atomic E-state index is 0.0776. The second kappa shape index (κ2) is 6.22. The summed E-state index contributed by atoms with van der Waals surface area (Å²) in [6.45, 7) is 11.2. The topological polar surface area (TPSA) is 47.0 Å². The van der Waals surface area contributed by atoms with Crippen LogP contribution in [-0.2, 0) is 6.54 Å². The minimum Gasteiger partial charge on any atom is -0.424 e. The average Bonchev–Trinajstić information content (AvgIpc) is 2.36. The van der Waals surface area contributed by atoms with Crippen molar-refractivity contribution in [1.82, 2.24) is 15.3 Å². The molecule has 0 amide bonds. The van der Waals surface area contributed by atoms with Gasteiger partial charge < -0.3 is 10.1 Å². The molecular weight excluding hydrogens is 262 g/mol. The number of nitrogens with zero attached hydrogens (tertiary/aromatic N) is 2. The molecule has 0 saturated carbocycles. The molecule has 0 unspecified atom stereocenters. The fraction of sp³-hybridized carbons (Fsp3) is 0.412. The zero-order valence-corrected chi connectivity index (χ0v) is 13.4. The summed E-state index contributed by atoms with van der Waals surface area (Å²) in [5.74, 6) is 0.771. The van der Waals surface area contributed by atoms with E-state index in [2.05, 4.69) is 42.1 Å². The van der Waals surface area contributed by atoms with Crippen molar-refractivity contribution in [2.75, 3.05) is 0 Å². The quantitative estimate of drug-likeness (QED) is 0.928. The van der Waals surface area contributed by atoms with Crippen LogP contribution in [0.25, 0.3) is 0 Å². The van der Waals surface area contributed by atoms with Crippen LogP contribution in [-0.4, -0.2) is 15.5 Å². The summed E-state index contributed by atoms with van der Waals surface area (Å²) in [5.41, 5.74) is 3.44. The van der Waals surface area contributed by atoms with Crippen LogP contribution in [0, 0.1) is 13.8 Å². The Hall–Kier alpha value is -1.94. The predicted molar refractivity (Wildman–Crippen MR) is 84.6 cm³/mol. The number of benzene rings is 1. The van der Waals surface area contributed by atoms with E-state index in [0.717, 1.165) is 29.0 Å². The smallest absolute Gasteiger partial charge is 0.321 e. The van der Waals surface area contributed by atoms with Crippen LogP contribution in [0.3, 0.4) is 0 Å². The van der Waals surface area contributed by atoms with Crippen LogP contribution >= 0.6 is 0 Å². The Morgan fingerprint density at radius 2 is 1.57 bits per heavy atom. The molecule has 0 radical (unpaired) electrons. The molecule has 4 heteroatoms. The molecule has 1 aromatic heterocycles. The van der Waals surface area contributed by atoms with E-state index in [0.29, 0.717) is 6.01 Å². The van der Waals surface area contributed by atoms with Crippen molar-refractivity contribution in [3.05, 3.63) is 47.3 Å². The lowest BCUT2D eigenvalue weighted by atomic mass is 10.1. The Kier molecular flexibility index (Phi) is 4.58. The van der Waals surface area contributed by atoms with Crippen molar-refractivity contribution in [3.8, 4) is 11.8 Å². The minimum absolute atomic E-state index is 0.0776. The molecule has 1 N–H and O–H groups in total. The molecule has 112 valence electrons. The first kappa shape index (κ1) is 15.4. The Morgan fingerprint density at radius 1 is 1.00 bits per heavy atom. The van der Waals surface area contributed by atoms with Crippen LogP contribution in [0.4, 0.5) is 0 Å². The van der Waals surface area contributed by atoms with Gasteiger partial charge in [0.1, 0.15) is 5.75 Å². The van der Waals surface area contributed by atoms with E-state index >= 15 is 0 Å². The lowest BCUT2D eigenvalue weighted by Gasteiger charge is -2.20. The second-order valence-electron chi connectivity index (χ2n) is 6.40. The van der Waals surface area contributed by atoms with E-state index in [9.17, 15) is 0 Å². The Labute approximate surface area is 126 Å². The number of rotatable bonds is 4. The van der Waals surface area contributed by atoms with Gasteiger partial charge in [0.2, 0.25) is 0 Å². The van der Waals surface area contributed by atoms with Gasteiger partial charge in [-0.15, -0.1) is 0 Å². The molecule has 2 rings (SSSR count). The maximum atomic E-state index is 5.70. The van der Waals surface area contributed by atoms with Crippen molar-refractivity contribution in [3.63, 3.8) is 0 Å². The number of nitrogens with one attached hydrogen (secondary N) is 1. The molecule has 1 aromatic carbocycles. The summed E-state index contributed by atoms with van der Waals surface area (Å²) in [6.07, 6.45) is 3.59. The summed E-state index contributed by atoms with van der Waals surface area (Å²) in [6, 6.07) is 6.44. The number of aromatic nitrogens is 2. The molecule has 4 nitrogen and oxygen atoms in total. The predicted octanol–water partition coefficient (Wildman–Crippen LogP) is 3.77. The lowest BCUT2D eigenvalue weighted by molar-refractivity contribution is 0.419. The monoisotopic (exact) mass is 285 g/mol. The van der Waals surface area contributed by atoms with Crippen molar-refractivity contribution >= 4 is 0 Å². The second-order valence-corrected chi connectivity index (χ2v) is 6.40. The van der Waals surface area contributed by atoms with Gasteiger partial charge in [-0.3, -0.25) is 0 Å². The van der Waals surface area contributed by atoms with Crippen molar-refractivity contribution in [1.29, 1.82) is 0 Å². The first-order valence-electron chi connectivity index (χ1n) is 7.14. The van der Waals surface area contributed by atoms with E-state index in [1.165, 1.54) is 0 Å². The maximum Gasteiger partial charge on any atom is 0.321 e. The average molecular weight is 285 g/mol. The van der Waals surface area contributed by atoms with E-state index in [1.807, 2.05) is 26.0 Å². The van der Waals surface area contributed by atoms with Crippen molar-refractivity contribution in [2.45, 2.75) is 46.7 Å². The van der Waals surface area contributed by atoms with E-state index in [1.54, 1.807) is 12.4 Å². The van der Waals surface area contributed by atoms with Gasteiger partial charge in [-0.1, -0.05) is 6.07 Å². The molecule has 0 atom stereocenters. The molecule has 0 aliphatic carbocycles. The molecule has 21 heavy (non-hydrogen) atoms. The van der Waals surface area contributed by atoms with Crippen molar-refractivity contribution in [2.24, 2.45) is 0 Å². The van der Waals surface area contributed by atoms with Gasteiger partial charge in [0.05, 0.1) is 0 Å². The third-order valence-electron chi connectivity index (χ3n) is 2.91.